The number of hydrogen-bond donors (Lipinski definition) is 2. The van der Waals surface area contributed by atoms with Gasteiger partial charge in [0.15, 0.2) is 0 Å². The Morgan fingerprint density at radius 3 is 2.82 bits per heavy atom. The van der Waals surface area contributed by atoms with Gasteiger partial charge in [0.05, 0.1) is 12.1 Å². The van der Waals surface area contributed by atoms with Crippen LogP contribution in [0.15, 0.2) is 34.9 Å². The Hall–Kier alpha value is -1.13. The second-order valence-corrected chi connectivity index (χ2v) is 5.41. The Bertz CT molecular complexity index is 566. The molecule has 1 aliphatic rings. The van der Waals surface area contributed by atoms with E-state index in [1.807, 2.05) is 24.3 Å². The van der Waals surface area contributed by atoms with Gasteiger partial charge in [-0.15, -0.1) is 0 Å². The molecule has 3 nitrogen and oxygen atoms in total. The first-order valence-corrected chi connectivity index (χ1v) is 6.46. The molecule has 2 aromatic rings. The largest absolute Gasteiger partial charge is 0.394 e. The van der Waals surface area contributed by atoms with Crippen molar-refractivity contribution in [3.8, 4) is 0 Å². The summed E-state index contributed by atoms with van der Waals surface area (Å²) in [6.45, 7) is 0.166. The zero-order chi connectivity index (χ0) is 11.9. The number of anilines is 1. The molecular formula is C13H13BrN2O. The van der Waals surface area contributed by atoms with Gasteiger partial charge in [0, 0.05) is 21.4 Å². The summed E-state index contributed by atoms with van der Waals surface area (Å²) in [6.07, 6.45) is 3.81. The number of halogens is 1. The van der Waals surface area contributed by atoms with Gasteiger partial charge in [-0.25, -0.2) is 4.98 Å². The third kappa shape index (κ3) is 1.91. The molecule has 1 fully saturated rings. The van der Waals surface area contributed by atoms with Gasteiger partial charge in [0.1, 0.15) is 5.82 Å². The van der Waals surface area contributed by atoms with Crippen LogP contribution in [0.3, 0.4) is 0 Å². The molecule has 0 saturated heterocycles. The van der Waals surface area contributed by atoms with E-state index in [1.54, 1.807) is 6.20 Å². The van der Waals surface area contributed by atoms with Crippen molar-refractivity contribution in [2.75, 3.05) is 11.9 Å². The maximum atomic E-state index is 9.34. The summed E-state index contributed by atoms with van der Waals surface area (Å²) in [4.78, 5) is 4.38. The van der Waals surface area contributed by atoms with Gasteiger partial charge in [-0.05, 0) is 25.0 Å². The SMILES string of the molecule is OCC1(Nc2nccc3c(Br)cccc23)CC1. The lowest BCUT2D eigenvalue weighted by molar-refractivity contribution is 0.266. The van der Waals surface area contributed by atoms with Gasteiger partial charge in [0.25, 0.3) is 0 Å². The zero-order valence-electron chi connectivity index (χ0n) is 9.28. The zero-order valence-corrected chi connectivity index (χ0v) is 10.9. The molecule has 0 radical (unpaired) electrons. The lowest BCUT2D eigenvalue weighted by Crippen LogP contribution is -2.26. The normalized spacial score (nSPS) is 17.1. The lowest BCUT2D eigenvalue weighted by atomic mass is 10.1. The maximum Gasteiger partial charge on any atom is 0.134 e. The molecule has 0 bridgehead atoms. The van der Waals surface area contributed by atoms with E-state index in [9.17, 15) is 5.11 Å². The van der Waals surface area contributed by atoms with Crippen LogP contribution in [0.25, 0.3) is 10.8 Å². The van der Waals surface area contributed by atoms with E-state index in [0.29, 0.717) is 0 Å². The predicted molar refractivity (Wildman–Crippen MR) is 72.1 cm³/mol. The molecule has 0 amide bonds. The van der Waals surface area contributed by atoms with Crippen LogP contribution in [0, 0.1) is 0 Å². The molecule has 88 valence electrons. The number of aliphatic hydroxyl groups excluding tert-OH is 1. The monoisotopic (exact) mass is 292 g/mol. The summed E-state index contributed by atoms with van der Waals surface area (Å²) in [7, 11) is 0. The molecule has 3 rings (SSSR count). The van der Waals surface area contributed by atoms with Crippen LogP contribution in [0.5, 0.6) is 0 Å². The smallest absolute Gasteiger partial charge is 0.134 e. The maximum absolute atomic E-state index is 9.34. The topological polar surface area (TPSA) is 45.1 Å². The molecular weight excluding hydrogens is 280 g/mol. The fourth-order valence-corrected chi connectivity index (χ4v) is 2.49. The number of hydrogen-bond acceptors (Lipinski definition) is 3. The average molecular weight is 293 g/mol. The quantitative estimate of drug-likeness (QED) is 0.914. The Labute approximate surface area is 108 Å². The van der Waals surface area contributed by atoms with Crippen LogP contribution in [-0.4, -0.2) is 22.2 Å². The molecule has 1 aromatic heterocycles. The van der Waals surface area contributed by atoms with Crippen molar-refractivity contribution < 1.29 is 5.11 Å². The van der Waals surface area contributed by atoms with Gasteiger partial charge >= 0.3 is 0 Å². The number of fused-ring (bicyclic) bond motifs is 1. The Balaban J connectivity index is 2.08. The number of aromatic nitrogens is 1. The van der Waals surface area contributed by atoms with Gasteiger partial charge in [0.2, 0.25) is 0 Å². The fourth-order valence-electron chi connectivity index (χ4n) is 1.99. The minimum atomic E-state index is -0.135. The summed E-state index contributed by atoms with van der Waals surface area (Å²) in [5.74, 6) is 0.857. The molecule has 0 atom stereocenters. The van der Waals surface area contributed by atoms with E-state index < -0.39 is 0 Å². The molecule has 1 aliphatic carbocycles. The minimum Gasteiger partial charge on any atom is -0.394 e. The lowest BCUT2D eigenvalue weighted by Gasteiger charge is -2.16. The van der Waals surface area contributed by atoms with Crippen molar-refractivity contribution >= 4 is 32.5 Å². The van der Waals surface area contributed by atoms with Crippen LogP contribution in [-0.2, 0) is 0 Å². The first-order valence-electron chi connectivity index (χ1n) is 5.66. The summed E-state index contributed by atoms with van der Waals surface area (Å²) in [5.41, 5.74) is -0.135. The number of rotatable bonds is 3. The van der Waals surface area contributed by atoms with Gasteiger partial charge in [-0.2, -0.15) is 0 Å². The highest BCUT2D eigenvalue weighted by molar-refractivity contribution is 9.10. The highest BCUT2D eigenvalue weighted by Crippen LogP contribution is 2.39. The highest BCUT2D eigenvalue weighted by atomic mass is 79.9. The third-order valence-electron chi connectivity index (χ3n) is 3.29. The van der Waals surface area contributed by atoms with E-state index in [4.69, 9.17) is 0 Å². The van der Waals surface area contributed by atoms with Crippen molar-refractivity contribution in [1.29, 1.82) is 0 Å². The fraction of sp³-hybridized carbons (Fsp3) is 0.308. The molecule has 1 saturated carbocycles. The van der Waals surface area contributed by atoms with Crippen LogP contribution in [0.1, 0.15) is 12.8 Å². The summed E-state index contributed by atoms with van der Waals surface area (Å²) >= 11 is 3.54. The van der Waals surface area contributed by atoms with E-state index in [2.05, 4.69) is 26.2 Å². The third-order valence-corrected chi connectivity index (χ3v) is 3.98. The molecule has 1 aromatic carbocycles. The molecule has 0 unspecified atom stereocenters. The average Bonchev–Trinajstić information content (AvgIpc) is 3.11. The number of aliphatic hydroxyl groups is 1. The summed E-state index contributed by atoms with van der Waals surface area (Å²) < 4.78 is 1.06. The van der Waals surface area contributed by atoms with E-state index >= 15 is 0 Å². The summed E-state index contributed by atoms with van der Waals surface area (Å²) in [6, 6.07) is 8.05. The van der Waals surface area contributed by atoms with Crippen molar-refractivity contribution in [3.63, 3.8) is 0 Å². The van der Waals surface area contributed by atoms with E-state index in [0.717, 1.165) is 33.9 Å². The number of nitrogens with one attached hydrogen (secondary N) is 1. The second-order valence-electron chi connectivity index (χ2n) is 4.56. The molecule has 1 heterocycles. The number of nitrogens with zero attached hydrogens (tertiary/aromatic N) is 1. The van der Waals surface area contributed by atoms with Crippen molar-refractivity contribution in [1.82, 2.24) is 4.98 Å². The van der Waals surface area contributed by atoms with Crippen LogP contribution >= 0.6 is 15.9 Å². The first kappa shape index (κ1) is 11.0. The van der Waals surface area contributed by atoms with Crippen LogP contribution in [0.4, 0.5) is 5.82 Å². The van der Waals surface area contributed by atoms with E-state index in [1.165, 1.54) is 0 Å². The number of pyridine rings is 1. The second kappa shape index (κ2) is 3.96. The van der Waals surface area contributed by atoms with Crippen molar-refractivity contribution in [2.45, 2.75) is 18.4 Å². The first-order chi connectivity index (χ1) is 8.24. The van der Waals surface area contributed by atoms with Crippen molar-refractivity contribution in [3.05, 3.63) is 34.9 Å². The highest BCUT2D eigenvalue weighted by Gasteiger charge is 2.42. The molecule has 2 N–H and O–H groups in total. The van der Waals surface area contributed by atoms with Gasteiger partial charge in [-0.1, -0.05) is 28.1 Å². The van der Waals surface area contributed by atoms with E-state index in [-0.39, 0.29) is 12.1 Å². The van der Waals surface area contributed by atoms with Crippen molar-refractivity contribution in [2.24, 2.45) is 0 Å². The molecule has 0 spiro atoms. The molecule has 17 heavy (non-hydrogen) atoms. The van der Waals surface area contributed by atoms with Gasteiger partial charge < -0.3 is 10.4 Å². The molecule has 0 aliphatic heterocycles. The minimum absolute atomic E-state index is 0.135. The Morgan fingerprint density at radius 1 is 1.29 bits per heavy atom. The molecule has 4 heteroatoms. The van der Waals surface area contributed by atoms with Crippen LogP contribution in [0.2, 0.25) is 0 Å². The predicted octanol–water partition coefficient (Wildman–Crippen LogP) is 2.93. The Morgan fingerprint density at radius 2 is 2.12 bits per heavy atom. The van der Waals surface area contributed by atoms with Gasteiger partial charge in [-0.3, -0.25) is 0 Å². The number of benzene rings is 1. The standard InChI is InChI=1S/C13H13BrN2O/c14-11-3-1-2-10-9(11)4-7-15-12(10)16-13(8-17)5-6-13/h1-4,7,17H,5-6,8H2,(H,15,16). The summed E-state index contributed by atoms with van der Waals surface area (Å²) in [5, 5.41) is 14.9. The Kier molecular flexibility index (Phi) is 2.56. The van der Waals surface area contributed by atoms with Crippen LogP contribution < -0.4 is 5.32 Å².